The van der Waals surface area contributed by atoms with Gasteiger partial charge in [-0.05, 0) is 65.2 Å². The molecule has 1 fully saturated rings. The van der Waals surface area contributed by atoms with Crippen LogP contribution in [0.1, 0.15) is 38.7 Å². The van der Waals surface area contributed by atoms with Crippen molar-refractivity contribution >= 4 is 26.0 Å². The Labute approximate surface area is 130 Å². The van der Waals surface area contributed by atoms with Crippen molar-refractivity contribution in [3.63, 3.8) is 0 Å². The number of aryl methyl sites for hydroxylation is 1. The molecule has 1 aromatic rings. The molecule has 0 spiro atoms. The molecule has 0 aromatic heterocycles. The van der Waals surface area contributed by atoms with Crippen LogP contribution in [0.2, 0.25) is 0 Å². The summed E-state index contributed by atoms with van der Waals surface area (Å²) in [5.74, 6) is 0. The van der Waals surface area contributed by atoms with Crippen LogP contribution >= 0.6 is 15.9 Å². The number of hydrogen-bond donors (Lipinski definition) is 0. The number of benzene rings is 1. The molecule has 0 amide bonds. The lowest BCUT2D eigenvalue weighted by molar-refractivity contribution is 0.279. The van der Waals surface area contributed by atoms with Crippen molar-refractivity contribution in [1.82, 2.24) is 4.31 Å². The summed E-state index contributed by atoms with van der Waals surface area (Å²) in [7, 11) is -3.39. The van der Waals surface area contributed by atoms with Gasteiger partial charge in [0.2, 0.25) is 10.0 Å². The standard InChI is InChI=1S/C15H22BrNO2S/c1-4-15(5-2)8-9-17(11-15)20(18,19)14-7-6-12(3)10-13(14)16/h6-7,10H,4-5,8-9,11H2,1-3H3. The Morgan fingerprint density at radius 3 is 2.45 bits per heavy atom. The lowest BCUT2D eigenvalue weighted by Gasteiger charge is -2.26. The van der Waals surface area contributed by atoms with E-state index in [1.165, 1.54) is 0 Å². The fourth-order valence-electron chi connectivity index (χ4n) is 2.88. The maximum atomic E-state index is 12.8. The summed E-state index contributed by atoms with van der Waals surface area (Å²) in [6, 6.07) is 5.41. The van der Waals surface area contributed by atoms with Gasteiger partial charge in [-0.3, -0.25) is 0 Å². The molecule has 1 aliphatic rings. The monoisotopic (exact) mass is 359 g/mol. The molecule has 0 aliphatic carbocycles. The predicted molar refractivity (Wildman–Crippen MR) is 85.3 cm³/mol. The zero-order valence-corrected chi connectivity index (χ0v) is 14.7. The molecule has 5 heteroatoms. The van der Waals surface area contributed by atoms with E-state index in [1.54, 1.807) is 10.4 Å². The summed E-state index contributed by atoms with van der Waals surface area (Å²) in [5.41, 5.74) is 1.21. The molecule has 1 heterocycles. The van der Waals surface area contributed by atoms with E-state index < -0.39 is 10.0 Å². The van der Waals surface area contributed by atoms with Crippen LogP contribution < -0.4 is 0 Å². The number of hydrogen-bond acceptors (Lipinski definition) is 2. The van der Waals surface area contributed by atoms with E-state index in [0.29, 0.717) is 22.5 Å². The minimum atomic E-state index is -3.39. The maximum Gasteiger partial charge on any atom is 0.244 e. The van der Waals surface area contributed by atoms with Crippen molar-refractivity contribution in [2.24, 2.45) is 5.41 Å². The third kappa shape index (κ3) is 2.81. The number of sulfonamides is 1. The van der Waals surface area contributed by atoms with Gasteiger partial charge in [-0.1, -0.05) is 19.9 Å². The van der Waals surface area contributed by atoms with Gasteiger partial charge in [-0.25, -0.2) is 8.42 Å². The Morgan fingerprint density at radius 2 is 1.95 bits per heavy atom. The van der Waals surface area contributed by atoms with E-state index in [4.69, 9.17) is 0 Å². The molecule has 2 rings (SSSR count). The zero-order chi connectivity index (χ0) is 15.0. The van der Waals surface area contributed by atoms with E-state index >= 15 is 0 Å². The predicted octanol–water partition coefficient (Wildman–Crippen LogP) is 3.96. The highest BCUT2D eigenvalue weighted by atomic mass is 79.9. The van der Waals surface area contributed by atoms with Gasteiger partial charge in [0.15, 0.2) is 0 Å². The quantitative estimate of drug-likeness (QED) is 0.815. The SMILES string of the molecule is CCC1(CC)CCN(S(=O)(=O)c2ccc(C)cc2Br)C1. The Balaban J connectivity index is 2.33. The topological polar surface area (TPSA) is 37.4 Å². The smallest absolute Gasteiger partial charge is 0.207 e. The maximum absolute atomic E-state index is 12.8. The van der Waals surface area contributed by atoms with Crippen molar-refractivity contribution in [3.05, 3.63) is 28.2 Å². The third-order valence-electron chi connectivity index (χ3n) is 4.61. The first kappa shape index (κ1) is 16.0. The van der Waals surface area contributed by atoms with Crippen LogP contribution in [0.15, 0.2) is 27.6 Å². The summed E-state index contributed by atoms with van der Waals surface area (Å²) in [6.45, 7) is 7.53. The van der Waals surface area contributed by atoms with Crippen molar-refractivity contribution in [1.29, 1.82) is 0 Å². The number of rotatable bonds is 4. The summed E-state index contributed by atoms with van der Waals surface area (Å²) < 4.78 is 27.9. The molecule has 0 atom stereocenters. The van der Waals surface area contributed by atoms with Gasteiger partial charge >= 0.3 is 0 Å². The second kappa shape index (κ2) is 5.78. The lowest BCUT2D eigenvalue weighted by atomic mass is 9.82. The van der Waals surface area contributed by atoms with Crippen LogP contribution in [0.25, 0.3) is 0 Å². The van der Waals surface area contributed by atoms with Crippen LogP contribution in [0.3, 0.4) is 0 Å². The van der Waals surface area contributed by atoms with Crippen LogP contribution in [0.5, 0.6) is 0 Å². The Bertz CT molecular complexity index is 594. The molecule has 1 saturated heterocycles. The molecular weight excluding hydrogens is 338 g/mol. The first-order chi connectivity index (χ1) is 9.34. The van der Waals surface area contributed by atoms with E-state index in [-0.39, 0.29) is 5.41 Å². The van der Waals surface area contributed by atoms with E-state index in [2.05, 4.69) is 29.8 Å². The fraction of sp³-hybridized carbons (Fsp3) is 0.600. The van der Waals surface area contributed by atoms with Gasteiger partial charge in [-0.2, -0.15) is 4.31 Å². The van der Waals surface area contributed by atoms with Gasteiger partial charge in [0.25, 0.3) is 0 Å². The van der Waals surface area contributed by atoms with Gasteiger partial charge in [0.1, 0.15) is 0 Å². The molecule has 0 N–H and O–H groups in total. The summed E-state index contributed by atoms with van der Waals surface area (Å²) in [6.07, 6.45) is 3.03. The minimum Gasteiger partial charge on any atom is -0.207 e. The van der Waals surface area contributed by atoms with Crippen LogP contribution in [0.4, 0.5) is 0 Å². The summed E-state index contributed by atoms with van der Waals surface area (Å²) >= 11 is 3.39. The van der Waals surface area contributed by atoms with Crippen LogP contribution in [-0.4, -0.2) is 25.8 Å². The Hall–Kier alpha value is -0.390. The zero-order valence-electron chi connectivity index (χ0n) is 12.3. The average molecular weight is 360 g/mol. The highest BCUT2D eigenvalue weighted by molar-refractivity contribution is 9.10. The highest BCUT2D eigenvalue weighted by Crippen LogP contribution is 2.40. The van der Waals surface area contributed by atoms with Gasteiger partial charge < -0.3 is 0 Å². The molecule has 0 saturated carbocycles. The van der Waals surface area contributed by atoms with Gasteiger partial charge in [-0.15, -0.1) is 0 Å². The van der Waals surface area contributed by atoms with Crippen LogP contribution in [-0.2, 0) is 10.0 Å². The third-order valence-corrected chi connectivity index (χ3v) is 7.43. The van der Waals surface area contributed by atoms with E-state index in [1.807, 2.05) is 19.1 Å². The fourth-order valence-corrected chi connectivity index (χ4v) is 5.59. The van der Waals surface area contributed by atoms with Crippen molar-refractivity contribution in [2.45, 2.75) is 44.9 Å². The summed E-state index contributed by atoms with van der Waals surface area (Å²) in [4.78, 5) is 0.381. The van der Waals surface area contributed by atoms with Crippen LogP contribution in [0, 0.1) is 12.3 Å². The Kier molecular flexibility index (Phi) is 4.62. The molecule has 20 heavy (non-hydrogen) atoms. The normalized spacial score (nSPS) is 19.4. The Morgan fingerprint density at radius 1 is 1.30 bits per heavy atom. The second-order valence-electron chi connectivity index (χ2n) is 5.73. The highest BCUT2D eigenvalue weighted by Gasteiger charge is 2.41. The minimum absolute atomic E-state index is 0.157. The number of nitrogens with zero attached hydrogens (tertiary/aromatic N) is 1. The van der Waals surface area contributed by atoms with Gasteiger partial charge in [0, 0.05) is 17.6 Å². The van der Waals surface area contributed by atoms with E-state index in [0.717, 1.165) is 24.8 Å². The van der Waals surface area contributed by atoms with E-state index in [9.17, 15) is 8.42 Å². The van der Waals surface area contributed by atoms with Gasteiger partial charge in [0.05, 0.1) is 4.90 Å². The molecule has 112 valence electrons. The molecule has 0 radical (unpaired) electrons. The molecule has 3 nitrogen and oxygen atoms in total. The lowest BCUT2D eigenvalue weighted by Crippen LogP contribution is -2.32. The van der Waals surface area contributed by atoms with Crippen molar-refractivity contribution in [2.75, 3.05) is 13.1 Å². The van der Waals surface area contributed by atoms with Crippen molar-refractivity contribution in [3.8, 4) is 0 Å². The molecule has 1 aliphatic heterocycles. The largest absolute Gasteiger partial charge is 0.244 e. The second-order valence-corrected chi connectivity index (χ2v) is 8.49. The molecule has 0 bridgehead atoms. The molecule has 0 unspecified atom stereocenters. The summed E-state index contributed by atoms with van der Waals surface area (Å²) in [5, 5.41) is 0. The molecular formula is C15H22BrNO2S. The van der Waals surface area contributed by atoms with Crippen molar-refractivity contribution < 1.29 is 8.42 Å². The number of halogens is 1. The molecule has 1 aromatic carbocycles. The first-order valence-corrected chi connectivity index (χ1v) is 9.34. The average Bonchev–Trinajstić information content (AvgIpc) is 2.84. The first-order valence-electron chi connectivity index (χ1n) is 7.11.